The summed E-state index contributed by atoms with van der Waals surface area (Å²) in [7, 11) is 0. The maximum atomic E-state index is 11.9. The maximum Gasteiger partial charge on any atom is 0.238 e. The van der Waals surface area contributed by atoms with E-state index in [9.17, 15) is 4.79 Å². The van der Waals surface area contributed by atoms with Crippen LogP contribution >= 0.6 is 23.2 Å². The molecule has 1 heterocycles. The van der Waals surface area contributed by atoms with Crippen molar-refractivity contribution in [2.45, 2.75) is 0 Å². The maximum absolute atomic E-state index is 11.9. The van der Waals surface area contributed by atoms with Crippen molar-refractivity contribution in [3.05, 3.63) is 28.2 Å². The summed E-state index contributed by atoms with van der Waals surface area (Å²) < 4.78 is 5.22. The molecule has 0 aromatic heterocycles. The van der Waals surface area contributed by atoms with Gasteiger partial charge >= 0.3 is 0 Å². The molecule has 1 aliphatic heterocycles. The third-order valence-electron chi connectivity index (χ3n) is 2.70. The Balaban J connectivity index is 1.94. The molecular weight excluding hydrogens is 275 g/mol. The van der Waals surface area contributed by atoms with Crippen LogP contribution in [0.4, 0.5) is 5.69 Å². The molecular formula is C12H14Cl2N2O2. The number of hydrogen-bond donors (Lipinski definition) is 1. The molecule has 1 saturated heterocycles. The zero-order chi connectivity index (χ0) is 13.0. The Bertz CT molecular complexity index is 414. The molecule has 1 amide bonds. The predicted octanol–water partition coefficient (Wildman–Crippen LogP) is 2.26. The Hall–Kier alpha value is -0.810. The van der Waals surface area contributed by atoms with E-state index in [0.717, 1.165) is 13.1 Å². The topological polar surface area (TPSA) is 41.6 Å². The molecule has 1 N–H and O–H groups in total. The van der Waals surface area contributed by atoms with Crippen molar-refractivity contribution in [1.29, 1.82) is 0 Å². The van der Waals surface area contributed by atoms with E-state index in [0.29, 0.717) is 35.5 Å². The highest BCUT2D eigenvalue weighted by Gasteiger charge is 2.15. The number of rotatable bonds is 3. The van der Waals surface area contributed by atoms with E-state index < -0.39 is 0 Å². The van der Waals surface area contributed by atoms with E-state index in [1.165, 1.54) is 0 Å². The normalized spacial score (nSPS) is 16.6. The smallest absolute Gasteiger partial charge is 0.238 e. The molecule has 1 aliphatic rings. The van der Waals surface area contributed by atoms with E-state index in [4.69, 9.17) is 27.9 Å². The van der Waals surface area contributed by atoms with Gasteiger partial charge in [0.1, 0.15) is 0 Å². The molecule has 0 bridgehead atoms. The molecule has 0 atom stereocenters. The summed E-state index contributed by atoms with van der Waals surface area (Å²) >= 11 is 12.0. The van der Waals surface area contributed by atoms with Gasteiger partial charge in [-0.15, -0.1) is 0 Å². The fraction of sp³-hybridized carbons (Fsp3) is 0.417. The number of amides is 1. The van der Waals surface area contributed by atoms with E-state index in [-0.39, 0.29) is 5.91 Å². The van der Waals surface area contributed by atoms with Gasteiger partial charge in [-0.1, -0.05) is 29.3 Å². The molecule has 0 saturated carbocycles. The first-order chi connectivity index (χ1) is 8.66. The van der Waals surface area contributed by atoms with E-state index >= 15 is 0 Å². The van der Waals surface area contributed by atoms with Crippen LogP contribution in [0.3, 0.4) is 0 Å². The van der Waals surface area contributed by atoms with Gasteiger partial charge in [-0.25, -0.2) is 0 Å². The molecule has 0 radical (unpaired) electrons. The molecule has 4 nitrogen and oxygen atoms in total. The molecule has 98 valence electrons. The third-order valence-corrected chi connectivity index (χ3v) is 3.33. The summed E-state index contributed by atoms with van der Waals surface area (Å²) in [6, 6.07) is 5.12. The van der Waals surface area contributed by atoms with Gasteiger partial charge in [-0.3, -0.25) is 9.69 Å². The van der Waals surface area contributed by atoms with Crippen molar-refractivity contribution in [1.82, 2.24) is 4.90 Å². The lowest BCUT2D eigenvalue weighted by atomic mass is 10.3. The minimum atomic E-state index is -0.119. The van der Waals surface area contributed by atoms with Gasteiger partial charge in [0, 0.05) is 13.1 Å². The summed E-state index contributed by atoms with van der Waals surface area (Å²) in [5, 5.41) is 3.63. The second-order valence-electron chi connectivity index (χ2n) is 4.03. The van der Waals surface area contributed by atoms with Crippen molar-refractivity contribution >= 4 is 34.8 Å². The number of para-hydroxylation sites is 1. The Labute approximate surface area is 116 Å². The molecule has 0 aliphatic carbocycles. The van der Waals surface area contributed by atoms with Crippen molar-refractivity contribution in [2.75, 3.05) is 38.2 Å². The van der Waals surface area contributed by atoms with Crippen LogP contribution in [0.5, 0.6) is 0 Å². The Morgan fingerprint density at radius 1 is 1.28 bits per heavy atom. The SMILES string of the molecule is O=C(CN1CCOCC1)Nc1c(Cl)cccc1Cl. The number of morpholine rings is 1. The van der Waals surface area contributed by atoms with Crippen LogP contribution in [-0.4, -0.2) is 43.7 Å². The Morgan fingerprint density at radius 3 is 2.50 bits per heavy atom. The van der Waals surface area contributed by atoms with Gasteiger partial charge in [0.05, 0.1) is 35.5 Å². The van der Waals surface area contributed by atoms with Crippen molar-refractivity contribution in [3.8, 4) is 0 Å². The zero-order valence-corrected chi connectivity index (χ0v) is 11.3. The largest absolute Gasteiger partial charge is 0.379 e. The summed E-state index contributed by atoms with van der Waals surface area (Å²) in [6.07, 6.45) is 0. The summed E-state index contributed by atoms with van der Waals surface area (Å²) in [5.74, 6) is -0.119. The van der Waals surface area contributed by atoms with E-state index in [2.05, 4.69) is 5.32 Å². The lowest BCUT2D eigenvalue weighted by Gasteiger charge is -2.25. The van der Waals surface area contributed by atoms with Crippen molar-refractivity contribution in [3.63, 3.8) is 0 Å². The number of hydrogen-bond acceptors (Lipinski definition) is 3. The summed E-state index contributed by atoms with van der Waals surface area (Å²) in [5.41, 5.74) is 0.471. The van der Waals surface area contributed by atoms with Crippen LogP contribution in [0.1, 0.15) is 0 Å². The molecule has 0 spiro atoms. The standard InChI is InChI=1S/C12H14Cl2N2O2/c13-9-2-1-3-10(14)12(9)15-11(17)8-16-4-6-18-7-5-16/h1-3H,4-8H2,(H,15,17). The number of halogens is 2. The summed E-state index contributed by atoms with van der Waals surface area (Å²) in [4.78, 5) is 13.9. The number of ether oxygens (including phenoxy) is 1. The van der Waals surface area contributed by atoms with Gasteiger partial charge in [0.2, 0.25) is 5.91 Å². The van der Waals surface area contributed by atoms with Crippen LogP contribution in [0.2, 0.25) is 10.0 Å². The fourth-order valence-corrected chi connectivity index (χ4v) is 2.25. The van der Waals surface area contributed by atoms with Gasteiger partial charge in [0.15, 0.2) is 0 Å². The molecule has 6 heteroatoms. The number of nitrogens with one attached hydrogen (secondary N) is 1. The highest BCUT2D eigenvalue weighted by atomic mass is 35.5. The zero-order valence-electron chi connectivity index (χ0n) is 9.79. The van der Waals surface area contributed by atoms with Gasteiger partial charge in [0.25, 0.3) is 0 Å². The van der Waals surface area contributed by atoms with Crippen LogP contribution in [-0.2, 0) is 9.53 Å². The second-order valence-corrected chi connectivity index (χ2v) is 4.85. The first-order valence-electron chi connectivity index (χ1n) is 5.71. The van der Waals surface area contributed by atoms with Crippen LogP contribution in [0, 0.1) is 0 Å². The predicted molar refractivity (Wildman–Crippen MR) is 72.4 cm³/mol. The second kappa shape index (κ2) is 6.38. The number of carbonyl (C=O) groups is 1. The number of anilines is 1. The molecule has 2 rings (SSSR count). The monoisotopic (exact) mass is 288 g/mol. The molecule has 1 fully saturated rings. The summed E-state index contributed by atoms with van der Waals surface area (Å²) in [6.45, 7) is 3.19. The lowest BCUT2D eigenvalue weighted by molar-refractivity contribution is -0.118. The quantitative estimate of drug-likeness (QED) is 0.928. The average molecular weight is 289 g/mol. The number of nitrogens with zero attached hydrogens (tertiary/aromatic N) is 1. The lowest BCUT2D eigenvalue weighted by Crippen LogP contribution is -2.41. The van der Waals surface area contributed by atoms with Crippen LogP contribution < -0.4 is 5.32 Å². The highest BCUT2D eigenvalue weighted by Crippen LogP contribution is 2.29. The average Bonchev–Trinajstić information content (AvgIpc) is 2.35. The first kappa shape index (κ1) is 13.6. The fourth-order valence-electron chi connectivity index (χ4n) is 1.76. The van der Waals surface area contributed by atoms with Gasteiger partial charge in [-0.05, 0) is 12.1 Å². The molecule has 18 heavy (non-hydrogen) atoms. The molecule has 1 aromatic rings. The van der Waals surface area contributed by atoms with Crippen LogP contribution in [0.25, 0.3) is 0 Å². The van der Waals surface area contributed by atoms with Gasteiger partial charge < -0.3 is 10.1 Å². The molecule has 1 aromatic carbocycles. The van der Waals surface area contributed by atoms with E-state index in [1.807, 2.05) is 4.90 Å². The first-order valence-corrected chi connectivity index (χ1v) is 6.46. The minimum absolute atomic E-state index is 0.119. The third kappa shape index (κ3) is 3.59. The highest BCUT2D eigenvalue weighted by molar-refractivity contribution is 6.39. The minimum Gasteiger partial charge on any atom is -0.379 e. The van der Waals surface area contributed by atoms with Gasteiger partial charge in [-0.2, -0.15) is 0 Å². The van der Waals surface area contributed by atoms with Crippen molar-refractivity contribution in [2.24, 2.45) is 0 Å². The Morgan fingerprint density at radius 2 is 1.89 bits per heavy atom. The van der Waals surface area contributed by atoms with Crippen molar-refractivity contribution < 1.29 is 9.53 Å². The molecule has 0 unspecified atom stereocenters. The number of benzene rings is 1. The van der Waals surface area contributed by atoms with E-state index in [1.54, 1.807) is 18.2 Å². The Kier molecular flexibility index (Phi) is 4.83. The van der Waals surface area contributed by atoms with Crippen LogP contribution in [0.15, 0.2) is 18.2 Å². The number of carbonyl (C=O) groups excluding carboxylic acids is 1.